The Hall–Kier alpha value is -1.45. The molecule has 0 aliphatic carbocycles. The van der Waals surface area contributed by atoms with Gasteiger partial charge in [-0.3, -0.25) is 0 Å². The Morgan fingerprint density at radius 1 is 0.952 bits per heavy atom. The molecule has 2 aromatic carbocycles. The Morgan fingerprint density at radius 2 is 1.62 bits per heavy atom. The highest BCUT2D eigenvalue weighted by molar-refractivity contribution is 9.10. The molecule has 0 atom stereocenters. The van der Waals surface area contributed by atoms with Crippen LogP contribution in [0.25, 0.3) is 11.3 Å². The van der Waals surface area contributed by atoms with Gasteiger partial charge in [-0.05, 0) is 31.5 Å². The van der Waals surface area contributed by atoms with E-state index in [0.29, 0.717) is 0 Å². The average Bonchev–Trinajstić information content (AvgIpc) is 2.83. The molecule has 1 aromatic heterocycles. The first-order valence-electron chi connectivity index (χ1n) is 6.89. The maximum Gasteiger partial charge on any atom is 0.0979 e. The van der Waals surface area contributed by atoms with Crippen LogP contribution in [-0.4, -0.2) is 4.98 Å². The van der Waals surface area contributed by atoms with Crippen molar-refractivity contribution in [1.82, 2.24) is 4.98 Å². The van der Waals surface area contributed by atoms with E-state index >= 15 is 0 Å². The summed E-state index contributed by atoms with van der Waals surface area (Å²) in [5.41, 5.74) is 4.90. The fourth-order valence-electron chi connectivity index (χ4n) is 2.28. The molecular formula is C18H16BrNS. The lowest BCUT2D eigenvalue weighted by molar-refractivity contribution is 1.13. The van der Waals surface area contributed by atoms with E-state index in [4.69, 9.17) is 4.98 Å². The summed E-state index contributed by atoms with van der Waals surface area (Å²) in [4.78, 5) is 6.11. The van der Waals surface area contributed by atoms with Crippen LogP contribution in [0, 0.1) is 13.8 Å². The van der Waals surface area contributed by atoms with E-state index in [1.165, 1.54) is 26.6 Å². The minimum atomic E-state index is 0.905. The molecule has 0 unspecified atom stereocenters. The molecule has 1 nitrogen and oxygen atoms in total. The zero-order chi connectivity index (χ0) is 14.8. The first kappa shape index (κ1) is 14.5. The van der Waals surface area contributed by atoms with Crippen LogP contribution in [0.5, 0.6) is 0 Å². The molecule has 0 N–H and O–H groups in total. The Balaban J connectivity index is 1.87. The average molecular weight is 358 g/mol. The zero-order valence-electron chi connectivity index (χ0n) is 12.1. The van der Waals surface area contributed by atoms with Crippen LogP contribution in [0.2, 0.25) is 0 Å². The molecule has 0 amide bonds. The summed E-state index contributed by atoms with van der Waals surface area (Å²) in [6.07, 6.45) is 0.905. The maximum atomic E-state index is 4.83. The molecule has 0 saturated heterocycles. The predicted molar refractivity (Wildman–Crippen MR) is 94.0 cm³/mol. The third-order valence-electron chi connectivity index (χ3n) is 3.43. The molecule has 0 aliphatic heterocycles. The quantitative estimate of drug-likeness (QED) is 0.578. The number of rotatable bonds is 3. The van der Waals surface area contributed by atoms with E-state index in [2.05, 4.69) is 78.3 Å². The molecule has 106 valence electrons. The molecule has 21 heavy (non-hydrogen) atoms. The van der Waals surface area contributed by atoms with Crippen LogP contribution in [0.3, 0.4) is 0 Å². The van der Waals surface area contributed by atoms with E-state index in [1.54, 1.807) is 11.3 Å². The van der Waals surface area contributed by atoms with Crippen molar-refractivity contribution in [2.45, 2.75) is 20.3 Å². The molecule has 3 heteroatoms. The summed E-state index contributed by atoms with van der Waals surface area (Å²) in [5.74, 6) is 0. The number of hydrogen-bond acceptors (Lipinski definition) is 2. The number of aryl methyl sites for hydroxylation is 2. The highest BCUT2D eigenvalue weighted by Gasteiger charge is 2.10. The van der Waals surface area contributed by atoms with E-state index in [-0.39, 0.29) is 0 Å². The van der Waals surface area contributed by atoms with Gasteiger partial charge in [0.2, 0.25) is 0 Å². The SMILES string of the molecule is Cc1ccc(Cc2nc(-c3ccc(Br)cc3)c(C)s2)cc1. The summed E-state index contributed by atoms with van der Waals surface area (Å²) in [7, 11) is 0. The Bertz CT molecular complexity index is 742. The summed E-state index contributed by atoms with van der Waals surface area (Å²) in [6.45, 7) is 4.26. The molecule has 3 rings (SSSR count). The lowest BCUT2D eigenvalue weighted by Gasteiger charge is -1.99. The molecule has 1 heterocycles. The van der Waals surface area contributed by atoms with Gasteiger partial charge in [-0.1, -0.05) is 57.9 Å². The van der Waals surface area contributed by atoms with Gasteiger partial charge >= 0.3 is 0 Å². The second-order valence-corrected chi connectivity index (χ2v) is 7.39. The van der Waals surface area contributed by atoms with Gasteiger partial charge in [-0.15, -0.1) is 11.3 Å². The fourth-order valence-corrected chi connectivity index (χ4v) is 3.54. The Kier molecular flexibility index (Phi) is 4.22. The number of aromatic nitrogens is 1. The minimum Gasteiger partial charge on any atom is -0.241 e. The lowest BCUT2D eigenvalue weighted by atomic mass is 10.1. The van der Waals surface area contributed by atoms with Crippen molar-refractivity contribution in [2.24, 2.45) is 0 Å². The molecule has 0 saturated carbocycles. The standard InChI is InChI=1S/C18H16BrNS/c1-12-3-5-14(6-4-12)11-17-20-18(13(2)21-17)15-7-9-16(19)10-8-15/h3-10H,11H2,1-2H3. The topological polar surface area (TPSA) is 12.9 Å². The second kappa shape index (κ2) is 6.12. The summed E-state index contributed by atoms with van der Waals surface area (Å²) >= 11 is 5.26. The van der Waals surface area contributed by atoms with Crippen LogP contribution in [-0.2, 0) is 6.42 Å². The summed E-state index contributed by atoms with van der Waals surface area (Å²) < 4.78 is 1.10. The van der Waals surface area contributed by atoms with Gasteiger partial charge in [0.25, 0.3) is 0 Å². The van der Waals surface area contributed by atoms with E-state index in [9.17, 15) is 0 Å². The molecule has 0 radical (unpaired) electrons. The van der Waals surface area contributed by atoms with Crippen molar-refractivity contribution in [2.75, 3.05) is 0 Å². The van der Waals surface area contributed by atoms with Crippen molar-refractivity contribution in [3.05, 3.63) is 74.0 Å². The number of nitrogens with zero attached hydrogens (tertiary/aromatic N) is 1. The first-order chi connectivity index (χ1) is 10.1. The molecule has 0 bridgehead atoms. The lowest BCUT2D eigenvalue weighted by Crippen LogP contribution is -1.88. The highest BCUT2D eigenvalue weighted by Crippen LogP contribution is 2.29. The van der Waals surface area contributed by atoms with Crippen LogP contribution >= 0.6 is 27.3 Å². The van der Waals surface area contributed by atoms with E-state index in [0.717, 1.165) is 16.6 Å². The first-order valence-corrected chi connectivity index (χ1v) is 8.50. The van der Waals surface area contributed by atoms with Crippen molar-refractivity contribution >= 4 is 27.3 Å². The van der Waals surface area contributed by atoms with Crippen molar-refractivity contribution in [3.8, 4) is 11.3 Å². The van der Waals surface area contributed by atoms with Gasteiger partial charge in [0.1, 0.15) is 0 Å². The molecule has 0 fully saturated rings. The summed E-state index contributed by atoms with van der Waals surface area (Å²) in [5, 5.41) is 1.18. The van der Waals surface area contributed by atoms with Crippen LogP contribution in [0.1, 0.15) is 21.0 Å². The normalized spacial score (nSPS) is 10.8. The fraction of sp³-hybridized carbons (Fsp3) is 0.167. The monoisotopic (exact) mass is 357 g/mol. The van der Waals surface area contributed by atoms with Gasteiger partial charge in [-0.25, -0.2) is 4.98 Å². The van der Waals surface area contributed by atoms with E-state index in [1.807, 2.05) is 0 Å². The largest absolute Gasteiger partial charge is 0.241 e. The van der Waals surface area contributed by atoms with Crippen LogP contribution in [0.4, 0.5) is 0 Å². The van der Waals surface area contributed by atoms with Gasteiger partial charge in [0.15, 0.2) is 0 Å². The van der Waals surface area contributed by atoms with Crippen molar-refractivity contribution in [3.63, 3.8) is 0 Å². The van der Waals surface area contributed by atoms with Crippen LogP contribution in [0.15, 0.2) is 53.0 Å². The summed E-state index contributed by atoms with van der Waals surface area (Å²) in [6, 6.07) is 17.0. The Morgan fingerprint density at radius 3 is 2.29 bits per heavy atom. The van der Waals surface area contributed by atoms with Crippen LogP contribution < -0.4 is 0 Å². The smallest absolute Gasteiger partial charge is 0.0979 e. The molecule has 3 aromatic rings. The number of hydrogen-bond donors (Lipinski definition) is 0. The number of halogens is 1. The maximum absolute atomic E-state index is 4.83. The van der Waals surface area contributed by atoms with Gasteiger partial charge in [0, 0.05) is 21.3 Å². The molecular weight excluding hydrogens is 342 g/mol. The van der Waals surface area contributed by atoms with Crippen molar-refractivity contribution < 1.29 is 0 Å². The zero-order valence-corrected chi connectivity index (χ0v) is 14.5. The molecule has 0 spiro atoms. The van der Waals surface area contributed by atoms with Gasteiger partial charge in [0.05, 0.1) is 10.7 Å². The van der Waals surface area contributed by atoms with Gasteiger partial charge in [-0.2, -0.15) is 0 Å². The predicted octanol–water partition coefficient (Wildman–Crippen LogP) is 5.78. The van der Waals surface area contributed by atoms with Crippen molar-refractivity contribution in [1.29, 1.82) is 0 Å². The highest BCUT2D eigenvalue weighted by atomic mass is 79.9. The number of thiazole rings is 1. The van der Waals surface area contributed by atoms with Gasteiger partial charge < -0.3 is 0 Å². The third-order valence-corrected chi connectivity index (χ3v) is 4.93. The number of benzene rings is 2. The third kappa shape index (κ3) is 3.42. The minimum absolute atomic E-state index is 0.905. The van der Waals surface area contributed by atoms with E-state index < -0.39 is 0 Å². The molecule has 0 aliphatic rings. The Labute approximate surface area is 137 Å². The second-order valence-electron chi connectivity index (χ2n) is 5.18.